The number of carboxylic acid groups (broad SMARTS) is 1. The summed E-state index contributed by atoms with van der Waals surface area (Å²) in [6.07, 6.45) is 1.47. The van der Waals surface area contributed by atoms with Gasteiger partial charge in [0.15, 0.2) is 0 Å². The highest BCUT2D eigenvalue weighted by molar-refractivity contribution is 5.73. The van der Waals surface area contributed by atoms with Crippen LogP contribution in [0.3, 0.4) is 0 Å². The molecule has 0 bridgehead atoms. The van der Waals surface area contributed by atoms with Gasteiger partial charge in [-0.25, -0.2) is 0 Å². The van der Waals surface area contributed by atoms with E-state index in [0.717, 1.165) is 6.42 Å². The number of rotatable bonds is 6. The molecule has 0 amide bonds. The Kier molecular flexibility index (Phi) is 4.51. The molecule has 0 spiro atoms. The van der Waals surface area contributed by atoms with E-state index in [1.807, 2.05) is 0 Å². The van der Waals surface area contributed by atoms with Crippen LogP contribution in [0.1, 0.15) is 31.6 Å². The van der Waals surface area contributed by atoms with Crippen molar-refractivity contribution in [1.29, 1.82) is 0 Å². The number of aromatic amines is 1. The highest BCUT2D eigenvalue weighted by Gasteiger charge is 2.20. The molecule has 0 aromatic carbocycles. The maximum Gasteiger partial charge on any atom is 0.320 e. The van der Waals surface area contributed by atoms with Crippen LogP contribution in [-0.2, 0) is 17.6 Å². The summed E-state index contributed by atoms with van der Waals surface area (Å²) < 4.78 is 5.04. The fraction of sp³-hybridized carbons (Fsp3) is 0.636. The molecule has 1 atom stereocenters. The first-order valence-electron chi connectivity index (χ1n) is 5.59. The van der Waals surface area contributed by atoms with Crippen LogP contribution in [0, 0.1) is 5.92 Å². The van der Waals surface area contributed by atoms with Gasteiger partial charge in [-0.3, -0.25) is 9.59 Å². The van der Waals surface area contributed by atoms with Gasteiger partial charge in [0.2, 0.25) is 0 Å². The lowest BCUT2D eigenvalue weighted by Crippen LogP contribution is -2.34. The predicted octanol–water partition coefficient (Wildman–Crippen LogP) is 0.511. The molecule has 0 aliphatic rings. The molecule has 17 heavy (non-hydrogen) atoms. The van der Waals surface area contributed by atoms with Crippen molar-refractivity contribution in [2.24, 2.45) is 11.7 Å². The largest absolute Gasteiger partial charge is 0.480 e. The number of hydrogen-bond donors (Lipinski definition) is 3. The lowest BCUT2D eigenvalue weighted by atomic mass is 10.0. The van der Waals surface area contributed by atoms with Gasteiger partial charge in [0.05, 0.1) is 5.56 Å². The number of nitrogens with one attached hydrogen (secondary N) is 1. The average Bonchev–Trinajstić information content (AvgIpc) is 2.57. The summed E-state index contributed by atoms with van der Waals surface area (Å²) in [6, 6.07) is -1.08. The van der Waals surface area contributed by atoms with E-state index >= 15 is 0 Å². The zero-order chi connectivity index (χ0) is 13.0. The van der Waals surface area contributed by atoms with Gasteiger partial charge in [-0.05, 0) is 12.3 Å². The molecule has 6 heteroatoms. The van der Waals surface area contributed by atoms with Gasteiger partial charge >= 0.3 is 5.97 Å². The summed E-state index contributed by atoms with van der Waals surface area (Å²) >= 11 is 0. The maximum absolute atomic E-state index is 11.4. The van der Waals surface area contributed by atoms with Crippen LogP contribution < -0.4 is 11.3 Å². The highest BCUT2D eigenvalue weighted by Crippen LogP contribution is 2.12. The summed E-state index contributed by atoms with van der Waals surface area (Å²) in [5, 5.41) is 10.9. The molecule has 0 aliphatic heterocycles. The molecule has 1 aromatic heterocycles. The average molecular weight is 242 g/mol. The summed E-state index contributed by atoms with van der Waals surface area (Å²) in [4.78, 5) is 22.1. The Morgan fingerprint density at radius 3 is 2.71 bits per heavy atom. The van der Waals surface area contributed by atoms with Crippen molar-refractivity contribution < 1.29 is 14.4 Å². The van der Waals surface area contributed by atoms with Crippen LogP contribution in [0.5, 0.6) is 0 Å². The Bertz CT molecular complexity index is 433. The molecule has 0 unspecified atom stereocenters. The first-order valence-corrected chi connectivity index (χ1v) is 5.59. The fourth-order valence-corrected chi connectivity index (χ4v) is 1.49. The molecule has 1 aromatic rings. The lowest BCUT2D eigenvalue weighted by molar-refractivity contribution is -0.138. The second-order valence-electron chi connectivity index (χ2n) is 4.52. The van der Waals surface area contributed by atoms with E-state index in [4.69, 9.17) is 15.4 Å². The third-order valence-electron chi connectivity index (χ3n) is 2.57. The fourth-order valence-electron chi connectivity index (χ4n) is 1.49. The SMILES string of the molecule is CC(C)CCc1o[nH]c(=O)c1C[C@@H](N)C(=O)O. The molecule has 1 rings (SSSR count). The van der Waals surface area contributed by atoms with Gasteiger partial charge < -0.3 is 15.4 Å². The monoisotopic (exact) mass is 242 g/mol. The van der Waals surface area contributed by atoms with Crippen LogP contribution in [0.15, 0.2) is 9.32 Å². The Morgan fingerprint density at radius 1 is 1.53 bits per heavy atom. The van der Waals surface area contributed by atoms with Crippen molar-refractivity contribution in [3.8, 4) is 0 Å². The molecule has 0 fully saturated rings. The highest BCUT2D eigenvalue weighted by atomic mass is 16.5. The zero-order valence-electron chi connectivity index (χ0n) is 10.0. The summed E-state index contributed by atoms with van der Waals surface area (Å²) in [5.74, 6) is -0.128. The van der Waals surface area contributed by atoms with Crippen molar-refractivity contribution in [2.45, 2.75) is 39.2 Å². The lowest BCUT2D eigenvalue weighted by Gasteiger charge is -2.06. The van der Waals surface area contributed by atoms with E-state index in [0.29, 0.717) is 23.7 Å². The standard InChI is InChI=1S/C11H18N2O4/c1-6(2)3-4-9-7(10(14)13-17-9)5-8(12)11(15)16/h6,8H,3-5,12H2,1-2H3,(H,13,14)(H,15,16)/t8-/m1/s1. The van der Waals surface area contributed by atoms with Gasteiger partial charge in [0.25, 0.3) is 5.56 Å². The molecule has 1 heterocycles. The Morgan fingerprint density at radius 2 is 2.18 bits per heavy atom. The van der Waals surface area contributed by atoms with Gasteiger partial charge in [-0.15, -0.1) is 0 Å². The van der Waals surface area contributed by atoms with E-state index in [1.54, 1.807) is 0 Å². The van der Waals surface area contributed by atoms with Crippen molar-refractivity contribution in [2.75, 3.05) is 0 Å². The van der Waals surface area contributed by atoms with Crippen LogP contribution in [0.25, 0.3) is 0 Å². The van der Waals surface area contributed by atoms with E-state index in [1.165, 1.54) is 0 Å². The number of aromatic nitrogens is 1. The van der Waals surface area contributed by atoms with Gasteiger partial charge in [0.1, 0.15) is 11.8 Å². The zero-order valence-corrected chi connectivity index (χ0v) is 10.0. The molecular formula is C11H18N2O4. The summed E-state index contributed by atoms with van der Waals surface area (Å²) in [6.45, 7) is 4.13. The minimum Gasteiger partial charge on any atom is -0.480 e. The van der Waals surface area contributed by atoms with Gasteiger partial charge in [-0.1, -0.05) is 13.8 Å². The minimum atomic E-state index is -1.12. The third kappa shape index (κ3) is 3.74. The predicted molar refractivity (Wildman–Crippen MR) is 61.8 cm³/mol. The summed E-state index contributed by atoms with van der Waals surface area (Å²) in [7, 11) is 0. The number of aryl methyl sites for hydroxylation is 1. The topological polar surface area (TPSA) is 109 Å². The number of aliphatic carboxylic acids is 1. The van der Waals surface area contributed by atoms with Crippen LogP contribution >= 0.6 is 0 Å². The normalized spacial score (nSPS) is 12.9. The molecule has 0 aliphatic carbocycles. The van der Waals surface area contributed by atoms with Crippen molar-refractivity contribution >= 4 is 5.97 Å². The first kappa shape index (κ1) is 13.5. The van der Waals surface area contributed by atoms with Crippen LogP contribution in [0.2, 0.25) is 0 Å². The molecule has 4 N–H and O–H groups in total. The quantitative estimate of drug-likeness (QED) is 0.673. The van der Waals surface area contributed by atoms with Crippen molar-refractivity contribution in [3.05, 3.63) is 21.7 Å². The Labute approximate surface area is 98.8 Å². The Hall–Kier alpha value is -1.56. The number of carbonyl (C=O) groups is 1. The number of hydrogen-bond acceptors (Lipinski definition) is 4. The molecule has 0 radical (unpaired) electrons. The third-order valence-corrected chi connectivity index (χ3v) is 2.57. The number of carboxylic acids is 1. The van der Waals surface area contributed by atoms with Crippen LogP contribution in [0.4, 0.5) is 0 Å². The van der Waals surface area contributed by atoms with Crippen molar-refractivity contribution in [3.63, 3.8) is 0 Å². The molecule has 96 valence electrons. The molecular weight excluding hydrogens is 224 g/mol. The maximum atomic E-state index is 11.4. The molecule has 0 saturated carbocycles. The number of nitrogens with two attached hydrogens (primary N) is 1. The number of H-pyrrole nitrogens is 1. The second-order valence-corrected chi connectivity index (χ2v) is 4.52. The van der Waals surface area contributed by atoms with Crippen molar-refractivity contribution in [1.82, 2.24) is 5.16 Å². The summed E-state index contributed by atoms with van der Waals surface area (Å²) in [5.41, 5.74) is 5.37. The van der Waals surface area contributed by atoms with E-state index in [2.05, 4.69) is 19.0 Å². The van der Waals surface area contributed by atoms with E-state index in [9.17, 15) is 9.59 Å². The molecule has 6 nitrogen and oxygen atoms in total. The smallest absolute Gasteiger partial charge is 0.320 e. The van der Waals surface area contributed by atoms with Gasteiger partial charge in [-0.2, -0.15) is 5.16 Å². The Balaban J connectivity index is 2.79. The second kappa shape index (κ2) is 5.67. The van der Waals surface area contributed by atoms with Crippen LogP contribution in [-0.4, -0.2) is 22.3 Å². The minimum absolute atomic E-state index is 0.00536. The molecule has 0 saturated heterocycles. The van der Waals surface area contributed by atoms with E-state index < -0.39 is 12.0 Å². The van der Waals surface area contributed by atoms with E-state index in [-0.39, 0.29) is 12.0 Å². The van der Waals surface area contributed by atoms with Gasteiger partial charge in [0, 0.05) is 12.8 Å². The first-order chi connectivity index (χ1) is 7.91.